The Balaban J connectivity index is 2.43. The Morgan fingerprint density at radius 1 is 1.23 bits per heavy atom. The fourth-order valence-electron chi connectivity index (χ4n) is 2.95. The number of nitrogens with one attached hydrogen (secondary N) is 2. The molecule has 3 N–H and O–H groups in total. The lowest BCUT2D eigenvalue weighted by Gasteiger charge is -2.20. The number of benzene rings is 2. The molecule has 0 aliphatic carbocycles. The van der Waals surface area contributed by atoms with Crippen molar-refractivity contribution in [3.05, 3.63) is 61.5 Å². The van der Waals surface area contributed by atoms with Gasteiger partial charge in [0.05, 0.1) is 34.2 Å². The van der Waals surface area contributed by atoms with Gasteiger partial charge in [-0.25, -0.2) is 9.18 Å². The Hall–Kier alpha value is -2.34. The summed E-state index contributed by atoms with van der Waals surface area (Å²) in [6.45, 7) is -0.408. The maximum Gasteiger partial charge on any atom is 0.417 e. The van der Waals surface area contributed by atoms with Crippen molar-refractivity contribution < 1.29 is 27.4 Å². The molecular formula is C19H15ClF4N2O4S. The molecular weight excluding hydrogens is 464 g/mol. The molecule has 0 saturated carbocycles. The Morgan fingerprint density at radius 2 is 1.94 bits per heavy atom. The standard InChI is InChI=1S/C19H15ClF4N2O4S/c1-30-9(6-27)7-31-16-14(8-2-3-13(21)12(20)4-8)11(19(22,23)24)5-10-15(16)25-18(29)26-17(10)28/h2-5,9,27H,6-7H2,1H3,(H2,25,26,28,29)/t9-/m0/s1. The maximum absolute atomic E-state index is 14.0. The lowest BCUT2D eigenvalue weighted by atomic mass is 9.97. The molecule has 31 heavy (non-hydrogen) atoms. The van der Waals surface area contributed by atoms with Gasteiger partial charge < -0.3 is 14.8 Å². The van der Waals surface area contributed by atoms with Crippen LogP contribution in [-0.2, 0) is 10.9 Å². The van der Waals surface area contributed by atoms with E-state index in [9.17, 15) is 32.3 Å². The Kier molecular flexibility index (Phi) is 6.79. The van der Waals surface area contributed by atoms with Crippen molar-refractivity contribution >= 4 is 34.3 Å². The van der Waals surface area contributed by atoms with Crippen LogP contribution in [0.3, 0.4) is 0 Å². The van der Waals surface area contributed by atoms with Crippen molar-refractivity contribution in [2.45, 2.75) is 17.2 Å². The number of thioether (sulfide) groups is 1. The summed E-state index contributed by atoms with van der Waals surface area (Å²) < 4.78 is 60.7. The normalized spacial score (nSPS) is 13.0. The largest absolute Gasteiger partial charge is 0.417 e. The molecule has 3 rings (SSSR count). The number of halogens is 5. The zero-order valence-electron chi connectivity index (χ0n) is 15.8. The minimum Gasteiger partial charge on any atom is -0.394 e. The number of aliphatic hydroxyl groups excluding tert-OH is 1. The quantitative estimate of drug-likeness (QED) is 0.370. The molecule has 166 valence electrons. The van der Waals surface area contributed by atoms with Crippen LogP contribution in [0, 0.1) is 5.82 Å². The first kappa shape index (κ1) is 23.3. The number of fused-ring (bicyclic) bond motifs is 1. The maximum atomic E-state index is 14.0. The van der Waals surface area contributed by atoms with Crippen LogP contribution in [0.1, 0.15) is 5.56 Å². The predicted octanol–water partition coefficient (Wildman–Crippen LogP) is 3.79. The third kappa shape index (κ3) is 4.79. The summed E-state index contributed by atoms with van der Waals surface area (Å²) in [6.07, 6.45) is -5.62. The first-order valence-corrected chi connectivity index (χ1v) is 10.1. The first-order chi connectivity index (χ1) is 14.6. The summed E-state index contributed by atoms with van der Waals surface area (Å²) in [7, 11) is 1.32. The minimum atomic E-state index is -4.89. The van der Waals surface area contributed by atoms with Gasteiger partial charge in [0.25, 0.3) is 5.56 Å². The number of aromatic amines is 2. The molecule has 0 spiro atoms. The van der Waals surface area contributed by atoms with Crippen molar-refractivity contribution in [2.75, 3.05) is 19.5 Å². The molecule has 0 unspecified atom stereocenters. The van der Waals surface area contributed by atoms with Crippen molar-refractivity contribution in [1.29, 1.82) is 0 Å². The van der Waals surface area contributed by atoms with E-state index >= 15 is 0 Å². The first-order valence-electron chi connectivity index (χ1n) is 8.69. The van der Waals surface area contributed by atoms with Gasteiger partial charge in [-0.3, -0.25) is 9.78 Å². The summed E-state index contributed by atoms with van der Waals surface area (Å²) >= 11 is 6.64. The van der Waals surface area contributed by atoms with Crippen LogP contribution >= 0.6 is 23.4 Å². The SMILES string of the molecule is CO[C@@H](CO)CSc1c(-c2ccc(F)c(Cl)c2)c(C(F)(F)F)cc2c(=O)[nH]c(=O)[nH]c12. The number of hydrogen-bond acceptors (Lipinski definition) is 5. The van der Waals surface area contributed by atoms with Gasteiger partial charge in [0.1, 0.15) is 5.82 Å². The lowest BCUT2D eigenvalue weighted by molar-refractivity contribution is -0.137. The van der Waals surface area contributed by atoms with Crippen molar-refractivity contribution in [2.24, 2.45) is 0 Å². The van der Waals surface area contributed by atoms with Crippen LogP contribution in [0.25, 0.3) is 22.0 Å². The third-order valence-corrected chi connectivity index (χ3v) is 5.98. The number of hydrogen-bond donors (Lipinski definition) is 3. The highest BCUT2D eigenvalue weighted by molar-refractivity contribution is 7.99. The van der Waals surface area contributed by atoms with Gasteiger partial charge in [0.2, 0.25) is 0 Å². The average Bonchev–Trinajstić information content (AvgIpc) is 2.69. The van der Waals surface area contributed by atoms with Crippen LogP contribution < -0.4 is 11.2 Å². The number of ether oxygens (including phenoxy) is 1. The van der Waals surface area contributed by atoms with Gasteiger partial charge in [0.15, 0.2) is 0 Å². The highest BCUT2D eigenvalue weighted by Crippen LogP contribution is 2.45. The Morgan fingerprint density at radius 3 is 2.52 bits per heavy atom. The number of methoxy groups -OCH3 is 1. The van der Waals surface area contributed by atoms with E-state index in [0.29, 0.717) is 6.07 Å². The summed E-state index contributed by atoms with van der Waals surface area (Å²) in [5.41, 5.74) is -3.66. The predicted molar refractivity (Wildman–Crippen MR) is 109 cm³/mol. The second-order valence-corrected chi connectivity index (χ2v) is 7.87. The highest BCUT2D eigenvalue weighted by Gasteiger charge is 2.37. The van der Waals surface area contributed by atoms with Crippen LogP contribution in [0.15, 0.2) is 38.8 Å². The summed E-state index contributed by atoms with van der Waals surface area (Å²) in [5, 5.41) is 8.57. The molecule has 0 aliphatic heterocycles. The molecule has 0 bridgehead atoms. The molecule has 1 atom stereocenters. The molecule has 0 aliphatic rings. The number of H-pyrrole nitrogens is 2. The van der Waals surface area contributed by atoms with Crippen LogP contribution in [0.5, 0.6) is 0 Å². The highest BCUT2D eigenvalue weighted by atomic mass is 35.5. The lowest BCUT2D eigenvalue weighted by Crippen LogP contribution is -2.24. The fraction of sp³-hybridized carbons (Fsp3) is 0.263. The van der Waals surface area contributed by atoms with E-state index in [4.69, 9.17) is 16.3 Å². The van der Waals surface area contributed by atoms with E-state index in [2.05, 4.69) is 4.98 Å². The summed E-state index contributed by atoms with van der Waals surface area (Å²) in [6, 6.07) is 3.69. The molecule has 0 fully saturated rings. The average molecular weight is 479 g/mol. The number of alkyl halides is 3. The number of rotatable bonds is 6. The van der Waals surface area contributed by atoms with Gasteiger partial charge >= 0.3 is 11.9 Å². The van der Waals surface area contributed by atoms with E-state index in [1.54, 1.807) is 0 Å². The number of aliphatic hydroxyl groups is 1. The zero-order valence-corrected chi connectivity index (χ0v) is 17.3. The zero-order chi connectivity index (χ0) is 22.9. The van der Waals surface area contributed by atoms with Gasteiger partial charge in [0, 0.05) is 23.3 Å². The minimum absolute atomic E-state index is 0.000166. The number of aromatic nitrogens is 2. The smallest absolute Gasteiger partial charge is 0.394 e. The van der Waals surface area contributed by atoms with E-state index in [1.165, 1.54) is 7.11 Å². The van der Waals surface area contributed by atoms with Gasteiger partial charge in [-0.15, -0.1) is 11.8 Å². The van der Waals surface area contributed by atoms with E-state index in [1.807, 2.05) is 4.98 Å². The van der Waals surface area contributed by atoms with Crippen molar-refractivity contribution in [1.82, 2.24) is 9.97 Å². The molecule has 12 heteroatoms. The van der Waals surface area contributed by atoms with Gasteiger partial charge in [-0.1, -0.05) is 17.7 Å². The van der Waals surface area contributed by atoms with Crippen LogP contribution in [0.2, 0.25) is 5.02 Å². The Labute approximate surface area is 181 Å². The second kappa shape index (κ2) is 9.03. The van der Waals surface area contributed by atoms with E-state index in [-0.39, 0.29) is 32.7 Å². The third-order valence-electron chi connectivity index (χ3n) is 4.46. The van der Waals surface area contributed by atoms with E-state index < -0.39 is 46.5 Å². The topological polar surface area (TPSA) is 95.2 Å². The van der Waals surface area contributed by atoms with Crippen LogP contribution in [0.4, 0.5) is 17.6 Å². The molecule has 1 heterocycles. The fourth-order valence-corrected chi connectivity index (χ4v) is 4.41. The summed E-state index contributed by atoms with van der Waals surface area (Å²) in [4.78, 5) is 28.3. The molecule has 0 saturated heterocycles. The van der Waals surface area contributed by atoms with Gasteiger partial charge in [-0.05, 0) is 23.8 Å². The van der Waals surface area contributed by atoms with E-state index in [0.717, 1.165) is 30.0 Å². The monoisotopic (exact) mass is 478 g/mol. The summed E-state index contributed by atoms with van der Waals surface area (Å²) in [5.74, 6) is -0.821. The van der Waals surface area contributed by atoms with Crippen molar-refractivity contribution in [3.63, 3.8) is 0 Å². The molecule has 0 radical (unpaired) electrons. The van der Waals surface area contributed by atoms with Gasteiger partial charge in [-0.2, -0.15) is 13.2 Å². The molecule has 2 aromatic carbocycles. The molecule has 3 aromatic rings. The molecule has 0 amide bonds. The Bertz CT molecular complexity index is 1240. The molecule has 1 aromatic heterocycles. The van der Waals surface area contributed by atoms with Crippen LogP contribution in [-0.4, -0.2) is 40.6 Å². The second-order valence-electron chi connectivity index (χ2n) is 6.44. The molecule has 6 nitrogen and oxygen atoms in total. The van der Waals surface area contributed by atoms with Crippen molar-refractivity contribution in [3.8, 4) is 11.1 Å².